The number of sulfone groups is 1. The van der Waals surface area contributed by atoms with Crippen molar-refractivity contribution in [2.75, 3.05) is 10.7 Å². The maximum absolute atomic E-state index is 15.6. The molecule has 16 heteroatoms. The van der Waals surface area contributed by atoms with Crippen molar-refractivity contribution >= 4 is 33.3 Å². The summed E-state index contributed by atoms with van der Waals surface area (Å²) in [5.41, 5.74) is 3.41. The van der Waals surface area contributed by atoms with Gasteiger partial charge in [-0.15, -0.1) is 0 Å². The van der Waals surface area contributed by atoms with Gasteiger partial charge in [0.15, 0.2) is 15.9 Å². The molecule has 1 aromatic carbocycles. The summed E-state index contributed by atoms with van der Waals surface area (Å²) in [7, 11) is -4.30. The third-order valence-corrected chi connectivity index (χ3v) is 11.1. The van der Waals surface area contributed by atoms with Crippen molar-refractivity contribution in [3.63, 3.8) is 0 Å². The highest BCUT2D eigenvalue weighted by Crippen LogP contribution is 2.53. The smallest absolute Gasteiger partial charge is 0.425 e. The highest BCUT2D eigenvalue weighted by Gasteiger charge is 2.54. The van der Waals surface area contributed by atoms with Gasteiger partial charge in [-0.1, -0.05) is 6.07 Å². The number of ether oxygens (including phenoxy) is 2. The summed E-state index contributed by atoms with van der Waals surface area (Å²) in [6, 6.07) is 2.66. The third-order valence-electron chi connectivity index (χ3n) is 9.25. The van der Waals surface area contributed by atoms with E-state index in [0.29, 0.717) is 44.6 Å². The van der Waals surface area contributed by atoms with Gasteiger partial charge in [-0.05, 0) is 83.9 Å². The maximum atomic E-state index is 15.6. The van der Waals surface area contributed by atoms with E-state index in [0.717, 1.165) is 30.2 Å². The number of hydrogen-bond donors (Lipinski definition) is 2. The second-order valence-electron chi connectivity index (χ2n) is 13.9. The number of halogens is 4. The van der Waals surface area contributed by atoms with E-state index in [9.17, 15) is 36.0 Å². The van der Waals surface area contributed by atoms with Crippen molar-refractivity contribution in [3.05, 3.63) is 47.4 Å². The van der Waals surface area contributed by atoms with Crippen LogP contribution >= 0.6 is 0 Å². The van der Waals surface area contributed by atoms with Crippen LogP contribution in [-0.4, -0.2) is 66.4 Å². The van der Waals surface area contributed by atoms with Crippen molar-refractivity contribution in [3.8, 4) is 5.88 Å². The second kappa shape index (κ2) is 12.3. The van der Waals surface area contributed by atoms with Crippen LogP contribution in [0.5, 0.6) is 5.88 Å². The summed E-state index contributed by atoms with van der Waals surface area (Å²) in [6.07, 6.45) is -2.84. The number of benzene rings is 1. The summed E-state index contributed by atoms with van der Waals surface area (Å²) in [6.45, 7) is 5.86. The van der Waals surface area contributed by atoms with Crippen molar-refractivity contribution in [2.45, 2.75) is 107 Å². The zero-order valence-electron chi connectivity index (χ0n) is 26.9. The van der Waals surface area contributed by atoms with E-state index in [1.54, 1.807) is 20.8 Å². The van der Waals surface area contributed by atoms with Crippen LogP contribution < -0.4 is 20.7 Å². The van der Waals surface area contributed by atoms with E-state index in [4.69, 9.17) is 15.2 Å². The lowest BCUT2D eigenvalue weighted by Gasteiger charge is -2.52. The first-order valence-corrected chi connectivity index (χ1v) is 17.2. The molecule has 2 amide bonds. The Morgan fingerprint density at radius 2 is 1.73 bits per heavy atom. The van der Waals surface area contributed by atoms with E-state index >= 15 is 4.39 Å². The van der Waals surface area contributed by atoms with Gasteiger partial charge in [0.05, 0.1) is 39.9 Å². The van der Waals surface area contributed by atoms with Gasteiger partial charge in [0.25, 0.3) is 5.91 Å². The lowest BCUT2D eigenvalue weighted by Crippen LogP contribution is -2.59. The molecule has 2 bridgehead atoms. The van der Waals surface area contributed by atoms with Crippen LogP contribution in [0, 0.1) is 11.2 Å². The van der Waals surface area contributed by atoms with Crippen LogP contribution in [0.2, 0.25) is 0 Å². The molecule has 0 unspecified atom stereocenters. The molecule has 3 saturated carbocycles. The van der Waals surface area contributed by atoms with Crippen LogP contribution in [-0.2, 0) is 30.7 Å². The van der Waals surface area contributed by atoms with Gasteiger partial charge in [-0.25, -0.2) is 17.8 Å². The molecule has 0 radical (unpaired) electrons. The Hall–Kier alpha value is -3.79. The molecule has 6 rings (SSSR count). The summed E-state index contributed by atoms with van der Waals surface area (Å²) >= 11 is 0. The number of carbonyl (C=O) groups is 3. The van der Waals surface area contributed by atoms with E-state index in [-0.39, 0.29) is 29.6 Å². The predicted molar refractivity (Wildman–Crippen MR) is 164 cm³/mol. The molecule has 262 valence electrons. The number of esters is 1. The molecule has 2 heterocycles. The number of nitrogens with one attached hydrogen (secondary N) is 1. The van der Waals surface area contributed by atoms with Crippen LogP contribution in [0.3, 0.4) is 0 Å². The molecule has 1 aromatic heterocycles. The molecular formula is C32H38F4N4O7S. The number of nitrogens with zero attached hydrogens (tertiary/aromatic N) is 2. The Morgan fingerprint density at radius 3 is 2.27 bits per heavy atom. The van der Waals surface area contributed by atoms with Crippen LogP contribution in [0.25, 0.3) is 0 Å². The number of amides is 2. The minimum absolute atomic E-state index is 0.264. The van der Waals surface area contributed by atoms with Crippen LogP contribution in [0.15, 0.2) is 35.4 Å². The molecule has 11 nitrogen and oxygen atoms in total. The van der Waals surface area contributed by atoms with Crippen LogP contribution in [0.1, 0.15) is 82.1 Å². The number of fused-ring (bicyclic) bond motifs is 4. The Morgan fingerprint density at radius 1 is 1.10 bits per heavy atom. The normalized spacial score (nSPS) is 25.9. The monoisotopic (exact) mass is 698 g/mol. The highest BCUT2D eigenvalue weighted by molar-refractivity contribution is 7.91. The number of anilines is 1. The largest absolute Gasteiger partial charge is 0.465 e. The Labute approximate surface area is 275 Å². The van der Waals surface area contributed by atoms with Gasteiger partial charge in [0.2, 0.25) is 11.8 Å². The number of pyridine rings is 1. The lowest BCUT2D eigenvalue weighted by molar-refractivity contribution is -0.190. The Bertz CT molecular complexity index is 1700. The molecule has 1 aliphatic heterocycles. The van der Waals surface area contributed by atoms with Crippen molar-refractivity contribution < 1.29 is 49.8 Å². The first kappa shape index (κ1) is 35.5. The average Bonchev–Trinajstić information content (AvgIpc) is 3.05. The van der Waals surface area contributed by atoms with Gasteiger partial charge in [0.1, 0.15) is 11.4 Å². The topological polar surface area (TPSA) is 158 Å². The molecule has 3 N–H and O–H groups in total. The molecule has 3 fully saturated rings. The summed E-state index contributed by atoms with van der Waals surface area (Å²) in [4.78, 5) is 44.4. The molecule has 4 aliphatic rings. The Balaban J connectivity index is 1.41. The fourth-order valence-electron chi connectivity index (χ4n) is 6.44. The molecule has 48 heavy (non-hydrogen) atoms. The predicted octanol–water partition coefficient (Wildman–Crippen LogP) is 4.36. The molecular weight excluding hydrogens is 660 g/mol. The third kappa shape index (κ3) is 7.14. The summed E-state index contributed by atoms with van der Waals surface area (Å²) < 4.78 is 91.2. The fourth-order valence-corrected chi connectivity index (χ4v) is 8.00. The SMILES string of the molecule is C[C@@H](Oc1ccc(CN2C(=O)[C@@H](N)CS(=O)(=O)c3cc(F)c(C(=O)NC45CCC(C(=O)OC(C)(C)C)(CC4)CC5)cc32)cn1)C(F)(F)F. The molecule has 0 spiro atoms. The molecule has 0 saturated heterocycles. The Kier molecular flexibility index (Phi) is 9.08. The number of nitrogens with two attached hydrogens (primary N) is 1. The minimum atomic E-state index is -4.62. The summed E-state index contributed by atoms with van der Waals surface area (Å²) in [5.74, 6) is -4.20. The van der Waals surface area contributed by atoms with Gasteiger partial charge in [-0.2, -0.15) is 13.2 Å². The van der Waals surface area contributed by atoms with Crippen molar-refractivity contribution in [2.24, 2.45) is 11.1 Å². The standard InChI is InChI=1S/C32H38F4N4O7S/c1-18(32(34,35)36)46-25-6-5-19(15-38-25)16-40-23-13-20(21(33)14-24(23)48(44,45)17-22(37)27(40)42)26(41)39-31-10-7-30(8-11-31,9-12-31)28(43)47-29(2,3)4/h5-6,13-15,18,22H,7-12,16-17,37H2,1-4H3,(H,39,41)/t18-,22+,30?,31?/m1/s1. The molecule has 3 aliphatic carbocycles. The van der Waals surface area contributed by atoms with Gasteiger partial charge in [-0.3, -0.25) is 14.4 Å². The number of hydrogen-bond acceptors (Lipinski definition) is 9. The number of carbonyl (C=O) groups excluding carboxylic acids is 3. The number of aromatic nitrogens is 1. The van der Waals surface area contributed by atoms with Crippen molar-refractivity contribution in [1.29, 1.82) is 0 Å². The fraction of sp³-hybridized carbons (Fsp3) is 0.562. The molecule has 2 atom stereocenters. The number of rotatable bonds is 7. The van der Waals surface area contributed by atoms with E-state index in [1.165, 1.54) is 6.07 Å². The summed E-state index contributed by atoms with van der Waals surface area (Å²) in [5, 5.41) is 2.93. The van der Waals surface area contributed by atoms with Gasteiger partial charge in [0, 0.05) is 17.8 Å². The average molecular weight is 699 g/mol. The van der Waals surface area contributed by atoms with Gasteiger partial charge < -0.3 is 25.4 Å². The quantitative estimate of drug-likeness (QED) is 0.317. The minimum Gasteiger partial charge on any atom is -0.465 e. The molecule has 2 aromatic rings. The van der Waals surface area contributed by atoms with E-state index in [2.05, 4.69) is 10.3 Å². The van der Waals surface area contributed by atoms with E-state index < -0.39 is 78.6 Å². The zero-order valence-corrected chi connectivity index (χ0v) is 27.8. The first-order chi connectivity index (χ1) is 22.1. The highest BCUT2D eigenvalue weighted by atomic mass is 32.2. The van der Waals surface area contributed by atoms with E-state index in [1.807, 2.05) is 0 Å². The van der Waals surface area contributed by atoms with Gasteiger partial charge >= 0.3 is 12.1 Å². The second-order valence-corrected chi connectivity index (χ2v) is 15.9. The van der Waals surface area contributed by atoms with Crippen LogP contribution in [0.4, 0.5) is 23.2 Å². The van der Waals surface area contributed by atoms with Crippen molar-refractivity contribution in [1.82, 2.24) is 10.3 Å². The number of alkyl halides is 3. The maximum Gasteiger partial charge on any atom is 0.425 e. The zero-order chi connectivity index (χ0) is 35.4. The lowest BCUT2D eigenvalue weighted by atomic mass is 9.57. The first-order valence-electron chi connectivity index (χ1n) is 15.5.